The number of carbonyl (C=O) groups is 1. The minimum atomic E-state index is -0.147. The molecule has 27 heavy (non-hydrogen) atoms. The lowest BCUT2D eigenvalue weighted by atomic mass is 10.1. The highest BCUT2D eigenvalue weighted by atomic mass is 32.2. The van der Waals surface area contributed by atoms with Crippen molar-refractivity contribution < 1.29 is 4.79 Å². The van der Waals surface area contributed by atoms with E-state index >= 15 is 0 Å². The Morgan fingerprint density at radius 1 is 1.19 bits per heavy atom. The Hall–Kier alpha value is -2.60. The Balaban J connectivity index is 1.46. The third-order valence-electron chi connectivity index (χ3n) is 4.82. The molecule has 1 heterocycles. The quantitative estimate of drug-likeness (QED) is 0.652. The van der Waals surface area contributed by atoms with E-state index in [9.17, 15) is 9.59 Å². The maximum atomic E-state index is 12.3. The standard InChI is InChI=1S/C21H21N3O2S/c1-12-9-17-18(10-13(12)2)24-21(26)19(23-17)11-27-16-7-5-15(6-8-16)22-20(25)14-3-4-14/h5-10,14H,3-4,11H2,1-2H3,(H,22,25)(H,24,26). The van der Waals surface area contributed by atoms with E-state index in [0.29, 0.717) is 11.4 Å². The van der Waals surface area contributed by atoms with Gasteiger partial charge in [0.15, 0.2) is 0 Å². The fourth-order valence-electron chi connectivity index (χ4n) is 2.86. The highest BCUT2D eigenvalue weighted by molar-refractivity contribution is 7.98. The van der Waals surface area contributed by atoms with Crippen LogP contribution in [0.1, 0.15) is 29.7 Å². The number of hydrogen-bond acceptors (Lipinski definition) is 4. The van der Waals surface area contributed by atoms with Crippen LogP contribution in [0.2, 0.25) is 0 Å². The first kappa shape index (κ1) is 17.8. The van der Waals surface area contributed by atoms with Crippen molar-refractivity contribution in [3.8, 4) is 0 Å². The molecule has 2 N–H and O–H groups in total. The summed E-state index contributed by atoms with van der Waals surface area (Å²) in [6.45, 7) is 4.06. The highest BCUT2D eigenvalue weighted by Gasteiger charge is 2.29. The number of aromatic amines is 1. The van der Waals surface area contributed by atoms with Gasteiger partial charge in [0, 0.05) is 22.3 Å². The van der Waals surface area contributed by atoms with Gasteiger partial charge in [0.25, 0.3) is 5.56 Å². The summed E-state index contributed by atoms with van der Waals surface area (Å²) in [4.78, 5) is 32.6. The molecule has 6 heteroatoms. The Morgan fingerprint density at radius 2 is 1.89 bits per heavy atom. The molecule has 1 saturated carbocycles. The van der Waals surface area contributed by atoms with E-state index in [2.05, 4.69) is 15.3 Å². The molecule has 1 aliphatic rings. The van der Waals surface area contributed by atoms with Crippen LogP contribution >= 0.6 is 11.8 Å². The van der Waals surface area contributed by atoms with Crippen LogP contribution < -0.4 is 10.9 Å². The van der Waals surface area contributed by atoms with Crippen LogP contribution in [0.5, 0.6) is 0 Å². The molecule has 5 nitrogen and oxygen atoms in total. The number of benzene rings is 2. The number of nitrogens with one attached hydrogen (secondary N) is 2. The van der Waals surface area contributed by atoms with Crippen molar-refractivity contribution in [2.45, 2.75) is 37.3 Å². The van der Waals surface area contributed by atoms with Gasteiger partial charge in [0.1, 0.15) is 5.69 Å². The summed E-state index contributed by atoms with van der Waals surface area (Å²) in [6.07, 6.45) is 1.98. The summed E-state index contributed by atoms with van der Waals surface area (Å²) in [5.41, 5.74) is 5.05. The van der Waals surface area contributed by atoms with Gasteiger partial charge >= 0.3 is 0 Å². The molecule has 0 atom stereocenters. The molecule has 1 aliphatic carbocycles. The minimum absolute atomic E-state index is 0.104. The van der Waals surface area contributed by atoms with Crippen molar-refractivity contribution in [1.29, 1.82) is 0 Å². The van der Waals surface area contributed by atoms with E-state index in [1.165, 1.54) is 0 Å². The first-order valence-electron chi connectivity index (χ1n) is 9.03. The zero-order valence-corrected chi connectivity index (χ0v) is 16.2. The molecule has 0 radical (unpaired) electrons. The number of anilines is 1. The molecule has 0 spiro atoms. The van der Waals surface area contributed by atoms with Gasteiger partial charge in [0.2, 0.25) is 5.91 Å². The highest BCUT2D eigenvalue weighted by Crippen LogP contribution is 2.30. The number of aryl methyl sites for hydroxylation is 2. The summed E-state index contributed by atoms with van der Waals surface area (Å²) in [5.74, 6) is 0.788. The van der Waals surface area contributed by atoms with Gasteiger partial charge in [-0.2, -0.15) is 0 Å². The lowest BCUT2D eigenvalue weighted by Gasteiger charge is -2.07. The number of H-pyrrole nitrogens is 1. The SMILES string of the molecule is Cc1cc2nc(CSc3ccc(NC(=O)C4CC4)cc3)c(=O)[nH]c2cc1C. The van der Waals surface area contributed by atoms with Gasteiger partial charge < -0.3 is 10.3 Å². The number of thioether (sulfide) groups is 1. The van der Waals surface area contributed by atoms with Gasteiger partial charge in [-0.3, -0.25) is 9.59 Å². The van der Waals surface area contributed by atoms with Gasteiger partial charge in [-0.1, -0.05) is 0 Å². The maximum Gasteiger partial charge on any atom is 0.271 e. The smallest absolute Gasteiger partial charge is 0.271 e. The van der Waals surface area contributed by atoms with Crippen molar-refractivity contribution in [2.24, 2.45) is 5.92 Å². The number of hydrogen-bond donors (Lipinski definition) is 2. The Morgan fingerprint density at radius 3 is 2.59 bits per heavy atom. The van der Waals surface area contributed by atoms with E-state index in [4.69, 9.17) is 0 Å². The van der Waals surface area contributed by atoms with E-state index < -0.39 is 0 Å². The number of amides is 1. The fraction of sp³-hybridized carbons (Fsp3) is 0.286. The molecule has 4 rings (SSSR count). The number of carbonyl (C=O) groups excluding carboxylic acids is 1. The predicted molar refractivity (Wildman–Crippen MR) is 109 cm³/mol. The number of fused-ring (bicyclic) bond motifs is 1. The maximum absolute atomic E-state index is 12.3. The first-order chi connectivity index (χ1) is 13.0. The third kappa shape index (κ3) is 4.06. The molecule has 0 aliphatic heterocycles. The molecular formula is C21H21N3O2S. The molecule has 1 amide bonds. The molecule has 3 aromatic rings. The van der Waals surface area contributed by atoms with E-state index in [0.717, 1.165) is 45.6 Å². The summed E-state index contributed by atoms with van der Waals surface area (Å²) >= 11 is 1.55. The number of rotatable bonds is 5. The second-order valence-corrected chi connectivity index (χ2v) is 8.09. The molecule has 1 aromatic heterocycles. The van der Waals surface area contributed by atoms with Crippen molar-refractivity contribution in [1.82, 2.24) is 9.97 Å². The lowest BCUT2D eigenvalue weighted by molar-refractivity contribution is -0.117. The summed E-state index contributed by atoms with van der Waals surface area (Å²) in [5, 5.41) is 2.93. The van der Waals surface area contributed by atoms with Crippen LogP contribution in [0.3, 0.4) is 0 Å². The van der Waals surface area contributed by atoms with E-state index in [1.807, 2.05) is 50.2 Å². The minimum Gasteiger partial charge on any atom is -0.326 e. The molecule has 0 unspecified atom stereocenters. The number of aromatic nitrogens is 2. The molecule has 0 bridgehead atoms. The van der Waals surface area contributed by atoms with E-state index in [-0.39, 0.29) is 17.4 Å². The van der Waals surface area contributed by atoms with Crippen molar-refractivity contribution in [2.75, 3.05) is 5.32 Å². The van der Waals surface area contributed by atoms with Gasteiger partial charge in [-0.15, -0.1) is 11.8 Å². The van der Waals surface area contributed by atoms with Crippen LogP contribution in [-0.4, -0.2) is 15.9 Å². The molecule has 0 saturated heterocycles. The monoisotopic (exact) mass is 379 g/mol. The Labute approximate surface area is 161 Å². The Bertz CT molecular complexity index is 1070. The molecular weight excluding hydrogens is 358 g/mol. The molecule has 138 valence electrons. The van der Waals surface area contributed by atoms with Crippen molar-refractivity contribution in [3.63, 3.8) is 0 Å². The molecule has 2 aromatic carbocycles. The van der Waals surface area contributed by atoms with Crippen LogP contribution in [0.15, 0.2) is 46.1 Å². The zero-order valence-electron chi connectivity index (χ0n) is 15.3. The fourth-order valence-corrected chi connectivity index (χ4v) is 3.69. The number of nitrogens with zero attached hydrogens (tertiary/aromatic N) is 1. The first-order valence-corrected chi connectivity index (χ1v) is 10.0. The summed E-state index contributed by atoms with van der Waals surface area (Å²) in [7, 11) is 0. The van der Waals surface area contributed by atoms with Gasteiger partial charge in [0.05, 0.1) is 11.0 Å². The third-order valence-corrected chi connectivity index (χ3v) is 5.85. The van der Waals surface area contributed by atoms with Crippen LogP contribution in [0.25, 0.3) is 11.0 Å². The second-order valence-electron chi connectivity index (χ2n) is 7.04. The normalized spacial score (nSPS) is 13.7. The second kappa shape index (κ2) is 7.19. The van der Waals surface area contributed by atoms with Crippen molar-refractivity contribution >= 4 is 34.4 Å². The molecule has 1 fully saturated rings. The largest absolute Gasteiger partial charge is 0.326 e. The Kier molecular flexibility index (Phi) is 4.74. The van der Waals surface area contributed by atoms with Crippen LogP contribution in [-0.2, 0) is 10.5 Å². The zero-order chi connectivity index (χ0) is 19.0. The van der Waals surface area contributed by atoms with E-state index in [1.54, 1.807) is 11.8 Å². The summed E-state index contributed by atoms with van der Waals surface area (Å²) < 4.78 is 0. The average Bonchev–Trinajstić information content (AvgIpc) is 3.48. The summed E-state index contributed by atoms with van der Waals surface area (Å²) in [6, 6.07) is 11.7. The van der Waals surface area contributed by atoms with Crippen LogP contribution in [0, 0.1) is 19.8 Å². The topological polar surface area (TPSA) is 74.8 Å². The van der Waals surface area contributed by atoms with Gasteiger partial charge in [-0.25, -0.2) is 4.98 Å². The van der Waals surface area contributed by atoms with Gasteiger partial charge in [-0.05, 0) is 74.2 Å². The predicted octanol–water partition coefficient (Wildman–Crippen LogP) is 4.18. The van der Waals surface area contributed by atoms with Crippen LogP contribution in [0.4, 0.5) is 5.69 Å². The van der Waals surface area contributed by atoms with Crippen molar-refractivity contribution in [3.05, 3.63) is 63.6 Å². The lowest BCUT2D eigenvalue weighted by Crippen LogP contribution is -2.14. The average molecular weight is 379 g/mol.